The summed E-state index contributed by atoms with van der Waals surface area (Å²) in [6, 6.07) is 16.1. The molecule has 4 heteroatoms. The number of pyridine rings is 1. The molecule has 1 aromatic heterocycles. The highest BCUT2D eigenvalue weighted by Crippen LogP contribution is 2.35. The van der Waals surface area contributed by atoms with Crippen molar-refractivity contribution >= 4 is 22.6 Å². The maximum absolute atomic E-state index is 11.9. The number of hydrogen-bond donors (Lipinski definition) is 0. The van der Waals surface area contributed by atoms with Crippen LogP contribution in [0.3, 0.4) is 0 Å². The average Bonchev–Trinajstić information content (AvgIpc) is 3.09. The minimum absolute atomic E-state index is 0.312. The molecule has 2 heterocycles. The van der Waals surface area contributed by atoms with Crippen LogP contribution in [0.2, 0.25) is 0 Å². The lowest BCUT2D eigenvalue weighted by atomic mass is 10.1. The second-order valence-electron chi connectivity index (χ2n) is 6.33. The Kier molecular flexibility index (Phi) is 4.10. The maximum atomic E-state index is 11.9. The first kappa shape index (κ1) is 15.6. The van der Waals surface area contributed by atoms with Gasteiger partial charge in [-0.3, -0.25) is 4.98 Å². The molecule has 4 nitrogen and oxygen atoms in total. The molecular weight excluding hydrogens is 312 g/mol. The van der Waals surface area contributed by atoms with Crippen LogP contribution < -0.4 is 4.90 Å². The van der Waals surface area contributed by atoms with Crippen molar-refractivity contribution < 1.29 is 9.53 Å². The standard InChI is InChI=1S/C21H20N2O2/c1-25-21(24)16-7-8-19-18(13-16)20-17(14-22-19)10-12-23(20)11-9-15-5-3-2-4-6-15/h2-8,13-14H,9-12H2,1H3. The van der Waals surface area contributed by atoms with E-state index in [9.17, 15) is 4.79 Å². The van der Waals surface area contributed by atoms with Crippen molar-refractivity contribution in [3.8, 4) is 0 Å². The predicted octanol–water partition coefficient (Wildman–Crippen LogP) is 3.63. The van der Waals surface area contributed by atoms with Gasteiger partial charge in [0.25, 0.3) is 0 Å². The van der Waals surface area contributed by atoms with E-state index in [2.05, 4.69) is 34.1 Å². The van der Waals surface area contributed by atoms with E-state index >= 15 is 0 Å². The summed E-state index contributed by atoms with van der Waals surface area (Å²) in [4.78, 5) is 18.9. The monoisotopic (exact) mass is 332 g/mol. The maximum Gasteiger partial charge on any atom is 0.337 e. The number of ether oxygens (including phenoxy) is 1. The molecule has 0 amide bonds. The Morgan fingerprint density at radius 1 is 1.20 bits per heavy atom. The zero-order chi connectivity index (χ0) is 17.2. The summed E-state index contributed by atoms with van der Waals surface area (Å²) >= 11 is 0. The smallest absolute Gasteiger partial charge is 0.337 e. The number of fused-ring (bicyclic) bond motifs is 3. The van der Waals surface area contributed by atoms with Gasteiger partial charge in [-0.15, -0.1) is 0 Å². The summed E-state index contributed by atoms with van der Waals surface area (Å²) < 4.78 is 4.86. The van der Waals surface area contributed by atoms with Gasteiger partial charge < -0.3 is 9.64 Å². The molecule has 0 atom stereocenters. The van der Waals surface area contributed by atoms with E-state index in [1.165, 1.54) is 23.9 Å². The molecule has 0 fully saturated rings. The summed E-state index contributed by atoms with van der Waals surface area (Å²) in [7, 11) is 1.41. The van der Waals surface area contributed by atoms with Crippen molar-refractivity contribution in [3.63, 3.8) is 0 Å². The number of nitrogens with zero attached hydrogens (tertiary/aromatic N) is 2. The summed E-state index contributed by atoms with van der Waals surface area (Å²) in [6.07, 6.45) is 3.97. The molecule has 3 aromatic rings. The van der Waals surface area contributed by atoms with E-state index in [4.69, 9.17) is 4.74 Å². The molecule has 0 saturated carbocycles. The van der Waals surface area contributed by atoms with Crippen LogP contribution in [-0.4, -0.2) is 31.2 Å². The van der Waals surface area contributed by atoms with Gasteiger partial charge in [0.1, 0.15) is 0 Å². The molecule has 2 aromatic carbocycles. The number of carbonyl (C=O) groups excluding carboxylic acids is 1. The molecule has 0 saturated heterocycles. The van der Waals surface area contributed by atoms with E-state index < -0.39 is 0 Å². The third kappa shape index (κ3) is 2.95. The molecule has 1 aliphatic rings. The predicted molar refractivity (Wildman–Crippen MR) is 99.1 cm³/mol. The quantitative estimate of drug-likeness (QED) is 0.684. The number of methoxy groups -OCH3 is 1. The third-order valence-corrected chi connectivity index (χ3v) is 4.82. The lowest BCUT2D eigenvalue weighted by molar-refractivity contribution is 0.0601. The van der Waals surface area contributed by atoms with Gasteiger partial charge in [0.05, 0.1) is 23.9 Å². The minimum Gasteiger partial charge on any atom is -0.465 e. The molecule has 0 spiro atoms. The zero-order valence-electron chi connectivity index (χ0n) is 14.2. The number of aromatic nitrogens is 1. The zero-order valence-corrected chi connectivity index (χ0v) is 14.2. The molecule has 126 valence electrons. The molecule has 25 heavy (non-hydrogen) atoms. The first-order chi connectivity index (χ1) is 12.3. The van der Waals surface area contributed by atoms with Crippen LogP contribution in [0.4, 0.5) is 5.69 Å². The first-order valence-electron chi connectivity index (χ1n) is 8.55. The summed E-state index contributed by atoms with van der Waals surface area (Å²) in [5.74, 6) is -0.312. The van der Waals surface area contributed by atoms with Crippen molar-refractivity contribution in [1.82, 2.24) is 4.98 Å². The summed E-state index contributed by atoms with van der Waals surface area (Å²) in [5.41, 5.74) is 5.29. The second kappa shape index (κ2) is 6.55. The average molecular weight is 332 g/mol. The second-order valence-corrected chi connectivity index (χ2v) is 6.33. The van der Waals surface area contributed by atoms with Gasteiger partial charge >= 0.3 is 5.97 Å². The van der Waals surface area contributed by atoms with Crippen LogP contribution in [0.15, 0.2) is 54.7 Å². The van der Waals surface area contributed by atoms with Gasteiger partial charge in [0.2, 0.25) is 0 Å². The summed E-state index contributed by atoms with van der Waals surface area (Å²) in [6.45, 7) is 1.95. The molecule has 0 radical (unpaired) electrons. The highest BCUT2D eigenvalue weighted by Gasteiger charge is 2.22. The molecule has 0 N–H and O–H groups in total. The topological polar surface area (TPSA) is 42.4 Å². The van der Waals surface area contributed by atoms with Crippen LogP contribution in [0.5, 0.6) is 0 Å². The van der Waals surface area contributed by atoms with Crippen LogP contribution in [0, 0.1) is 0 Å². The van der Waals surface area contributed by atoms with Gasteiger partial charge in [-0.2, -0.15) is 0 Å². The van der Waals surface area contributed by atoms with Crippen LogP contribution in [0.25, 0.3) is 10.9 Å². The number of benzene rings is 2. The molecule has 0 bridgehead atoms. The van der Waals surface area contributed by atoms with Crippen molar-refractivity contribution in [2.24, 2.45) is 0 Å². The fraction of sp³-hybridized carbons (Fsp3) is 0.238. The van der Waals surface area contributed by atoms with Crippen LogP contribution in [0.1, 0.15) is 21.5 Å². The molecule has 0 aliphatic carbocycles. The Labute approximate surface area is 147 Å². The first-order valence-corrected chi connectivity index (χ1v) is 8.55. The minimum atomic E-state index is -0.312. The molecule has 4 rings (SSSR count). The van der Waals surface area contributed by atoms with Crippen molar-refractivity contribution in [2.75, 3.05) is 25.1 Å². The number of esters is 1. The van der Waals surface area contributed by atoms with Crippen molar-refractivity contribution in [2.45, 2.75) is 12.8 Å². The third-order valence-electron chi connectivity index (χ3n) is 4.82. The Balaban J connectivity index is 1.69. The number of carbonyl (C=O) groups is 1. The molecule has 1 aliphatic heterocycles. The van der Waals surface area contributed by atoms with Gasteiger partial charge in [0, 0.05) is 24.7 Å². The SMILES string of the molecule is COC(=O)c1ccc2ncc3c(c2c1)N(CCc1ccccc1)CC3. The van der Waals surface area contributed by atoms with Crippen LogP contribution in [-0.2, 0) is 17.6 Å². The number of anilines is 1. The lowest BCUT2D eigenvalue weighted by Gasteiger charge is -2.21. The molecular formula is C21H20N2O2. The molecule has 0 unspecified atom stereocenters. The highest BCUT2D eigenvalue weighted by atomic mass is 16.5. The Bertz CT molecular complexity index is 922. The van der Waals surface area contributed by atoms with E-state index in [-0.39, 0.29) is 5.97 Å². The number of rotatable bonds is 4. The lowest BCUT2D eigenvalue weighted by Crippen LogP contribution is -2.23. The van der Waals surface area contributed by atoms with Gasteiger partial charge in [-0.1, -0.05) is 30.3 Å². The number of hydrogen-bond acceptors (Lipinski definition) is 4. The van der Waals surface area contributed by atoms with Gasteiger partial charge in [-0.05, 0) is 42.2 Å². The van der Waals surface area contributed by atoms with Crippen LogP contribution >= 0.6 is 0 Å². The normalized spacial score (nSPS) is 13.1. The van der Waals surface area contributed by atoms with E-state index in [1.54, 1.807) is 6.07 Å². The fourth-order valence-corrected chi connectivity index (χ4v) is 3.52. The largest absolute Gasteiger partial charge is 0.465 e. The van der Waals surface area contributed by atoms with Crippen molar-refractivity contribution in [3.05, 3.63) is 71.4 Å². The highest BCUT2D eigenvalue weighted by molar-refractivity contribution is 6.00. The van der Waals surface area contributed by atoms with Gasteiger partial charge in [-0.25, -0.2) is 4.79 Å². The Morgan fingerprint density at radius 3 is 2.84 bits per heavy atom. The van der Waals surface area contributed by atoms with Gasteiger partial charge in [0.15, 0.2) is 0 Å². The Hall–Kier alpha value is -2.88. The van der Waals surface area contributed by atoms with E-state index in [0.29, 0.717) is 5.56 Å². The fourth-order valence-electron chi connectivity index (χ4n) is 3.52. The van der Waals surface area contributed by atoms with E-state index in [0.717, 1.165) is 36.8 Å². The Morgan fingerprint density at radius 2 is 2.04 bits per heavy atom. The summed E-state index contributed by atoms with van der Waals surface area (Å²) in [5, 5.41) is 1.03. The van der Waals surface area contributed by atoms with E-state index in [1.807, 2.05) is 24.4 Å². The van der Waals surface area contributed by atoms with Crippen molar-refractivity contribution in [1.29, 1.82) is 0 Å².